The molecular weight excluding hydrogens is 452 g/mol. The molecule has 35 heavy (non-hydrogen) atoms. The van der Waals surface area contributed by atoms with Crippen molar-refractivity contribution < 1.29 is 19.1 Å². The number of benzene rings is 3. The van der Waals surface area contributed by atoms with Crippen LogP contribution in [0.3, 0.4) is 0 Å². The van der Waals surface area contributed by atoms with Crippen LogP contribution < -0.4 is 10.4 Å². The first-order valence-corrected chi connectivity index (χ1v) is 14.4. The average Bonchev–Trinajstić information content (AvgIpc) is 2.87. The first-order valence-electron chi connectivity index (χ1n) is 12.5. The Morgan fingerprint density at radius 2 is 1.31 bits per heavy atom. The molecule has 0 spiro atoms. The van der Waals surface area contributed by atoms with Crippen molar-refractivity contribution in [3.8, 4) is 0 Å². The van der Waals surface area contributed by atoms with Crippen molar-refractivity contribution >= 4 is 24.7 Å². The second kappa shape index (κ2) is 10.5. The van der Waals surface area contributed by atoms with Crippen LogP contribution in [0.5, 0.6) is 0 Å². The molecule has 0 unspecified atom stereocenters. The molecule has 5 heteroatoms. The van der Waals surface area contributed by atoms with Crippen LogP contribution in [0.25, 0.3) is 0 Å². The summed E-state index contributed by atoms with van der Waals surface area (Å²) in [5.41, 5.74) is 0.489. The monoisotopic (exact) mass is 488 g/mol. The number of ether oxygens (including phenoxy) is 1. The van der Waals surface area contributed by atoms with Crippen molar-refractivity contribution in [3.63, 3.8) is 0 Å². The zero-order chi connectivity index (χ0) is 25.1. The molecule has 0 aromatic heterocycles. The first-order chi connectivity index (χ1) is 16.7. The fourth-order valence-electron chi connectivity index (χ4n) is 5.30. The number of aliphatic hydroxyl groups is 1. The van der Waals surface area contributed by atoms with Gasteiger partial charge in [-0.1, -0.05) is 107 Å². The lowest BCUT2D eigenvalue weighted by Gasteiger charge is -2.49. The number of rotatable bonds is 6. The van der Waals surface area contributed by atoms with E-state index >= 15 is 0 Å². The van der Waals surface area contributed by atoms with E-state index in [1.165, 1.54) is 10.4 Å². The SMILES string of the molecule is C[C@H]1CC[C@H](OC(=O)c2ccccc2)[C@@H](O)[C@@H]1O[Si](c1ccccc1)(c1ccccc1)C(C)(C)C. The molecule has 0 bridgehead atoms. The second-order valence-electron chi connectivity index (χ2n) is 10.6. The summed E-state index contributed by atoms with van der Waals surface area (Å²) in [5.74, 6) is -0.285. The van der Waals surface area contributed by atoms with Crippen LogP contribution in [0.2, 0.25) is 5.04 Å². The molecule has 184 valence electrons. The molecule has 1 aliphatic rings. The van der Waals surface area contributed by atoms with E-state index in [0.717, 1.165) is 6.42 Å². The van der Waals surface area contributed by atoms with Crippen molar-refractivity contribution in [1.29, 1.82) is 0 Å². The number of carbonyl (C=O) groups excluding carboxylic acids is 1. The van der Waals surface area contributed by atoms with E-state index in [4.69, 9.17) is 9.16 Å². The Morgan fingerprint density at radius 1 is 0.829 bits per heavy atom. The maximum absolute atomic E-state index is 12.8. The van der Waals surface area contributed by atoms with Crippen LogP contribution in [0, 0.1) is 5.92 Å². The predicted octanol–water partition coefficient (Wildman–Crippen LogP) is 4.95. The van der Waals surface area contributed by atoms with Crippen LogP contribution in [-0.4, -0.2) is 37.7 Å². The lowest BCUT2D eigenvalue weighted by atomic mass is 9.84. The summed E-state index contributed by atoms with van der Waals surface area (Å²) in [5, 5.41) is 13.7. The molecule has 4 rings (SSSR count). The van der Waals surface area contributed by atoms with Gasteiger partial charge in [-0.25, -0.2) is 4.79 Å². The Kier molecular flexibility index (Phi) is 7.60. The summed E-state index contributed by atoms with van der Waals surface area (Å²) in [7, 11) is -2.85. The minimum absolute atomic E-state index is 0.123. The average molecular weight is 489 g/mol. The van der Waals surface area contributed by atoms with Gasteiger partial charge in [-0.3, -0.25) is 0 Å². The van der Waals surface area contributed by atoms with Crippen LogP contribution in [0.4, 0.5) is 0 Å². The van der Waals surface area contributed by atoms with Crippen molar-refractivity contribution in [2.75, 3.05) is 0 Å². The summed E-state index contributed by atoms with van der Waals surface area (Å²) in [6.45, 7) is 8.81. The van der Waals surface area contributed by atoms with Crippen molar-refractivity contribution in [3.05, 3.63) is 96.6 Å². The number of hydrogen-bond donors (Lipinski definition) is 1. The topological polar surface area (TPSA) is 55.8 Å². The zero-order valence-electron chi connectivity index (χ0n) is 21.1. The summed E-state index contributed by atoms with van der Waals surface area (Å²) >= 11 is 0. The molecule has 4 atom stereocenters. The number of aliphatic hydroxyl groups excluding tert-OH is 1. The Hall–Kier alpha value is -2.73. The number of esters is 1. The maximum Gasteiger partial charge on any atom is 0.338 e. The highest BCUT2D eigenvalue weighted by Crippen LogP contribution is 2.41. The van der Waals surface area contributed by atoms with E-state index in [2.05, 4.69) is 76.2 Å². The smallest absolute Gasteiger partial charge is 0.338 e. The molecule has 3 aromatic carbocycles. The zero-order valence-corrected chi connectivity index (χ0v) is 22.1. The number of hydrogen-bond acceptors (Lipinski definition) is 4. The van der Waals surface area contributed by atoms with Gasteiger partial charge in [-0.15, -0.1) is 0 Å². The molecule has 1 N–H and O–H groups in total. The van der Waals surface area contributed by atoms with Gasteiger partial charge >= 0.3 is 5.97 Å². The summed E-state index contributed by atoms with van der Waals surface area (Å²) in [4.78, 5) is 12.8. The second-order valence-corrected chi connectivity index (χ2v) is 14.9. The molecule has 1 saturated carbocycles. The summed E-state index contributed by atoms with van der Waals surface area (Å²) in [6, 6.07) is 29.8. The van der Waals surface area contributed by atoms with Crippen molar-refractivity contribution in [2.45, 2.75) is 63.9 Å². The van der Waals surface area contributed by atoms with Gasteiger partial charge in [0.1, 0.15) is 12.2 Å². The van der Waals surface area contributed by atoms with E-state index in [1.807, 2.05) is 30.3 Å². The van der Waals surface area contributed by atoms with Crippen molar-refractivity contribution in [1.82, 2.24) is 0 Å². The Bertz CT molecular complexity index is 1060. The van der Waals surface area contributed by atoms with Crippen LogP contribution in [0.15, 0.2) is 91.0 Å². The lowest BCUT2D eigenvalue weighted by Crippen LogP contribution is -2.70. The van der Waals surface area contributed by atoms with Gasteiger partial charge in [0.25, 0.3) is 8.32 Å². The van der Waals surface area contributed by atoms with E-state index < -0.39 is 32.6 Å². The van der Waals surface area contributed by atoms with Crippen LogP contribution >= 0.6 is 0 Å². The molecule has 0 amide bonds. The largest absolute Gasteiger partial charge is 0.456 e. The molecule has 0 aliphatic heterocycles. The quantitative estimate of drug-likeness (QED) is 0.394. The van der Waals surface area contributed by atoms with Gasteiger partial charge in [-0.05, 0) is 46.3 Å². The molecule has 0 saturated heterocycles. The van der Waals surface area contributed by atoms with Crippen LogP contribution in [-0.2, 0) is 9.16 Å². The van der Waals surface area contributed by atoms with E-state index in [1.54, 1.807) is 12.1 Å². The summed E-state index contributed by atoms with van der Waals surface area (Å²) < 4.78 is 13.1. The minimum atomic E-state index is -2.85. The van der Waals surface area contributed by atoms with Gasteiger partial charge in [0.05, 0.1) is 11.7 Å². The maximum atomic E-state index is 12.8. The highest BCUT2D eigenvalue weighted by atomic mass is 28.4. The first kappa shape index (κ1) is 25.4. The standard InChI is InChI=1S/C30H36O4Si/c1-22-20-21-26(33-29(32)23-14-8-5-9-15-23)27(31)28(22)34-35(30(2,3)4,24-16-10-6-11-17-24)25-18-12-7-13-19-25/h5-19,22,26-28,31H,20-21H2,1-4H3/t22-,26-,27+,28+/m0/s1. The summed E-state index contributed by atoms with van der Waals surface area (Å²) in [6.07, 6.45) is -0.549. The van der Waals surface area contributed by atoms with Crippen molar-refractivity contribution in [2.24, 2.45) is 5.92 Å². The third-order valence-electron chi connectivity index (χ3n) is 7.18. The van der Waals surface area contributed by atoms with E-state index in [0.29, 0.717) is 12.0 Å². The molecule has 0 heterocycles. The molecular formula is C30H36O4Si. The Balaban J connectivity index is 1.71. The van der Waals surface area contributed by atoms with E-state index in [9.17, 15) is 9.90 Å². The number of carbonyl (C=O) groups is 1. The van der Waals surface area contributed by atoms with Gasteiger partial charge in [0, 0.05) is 0 Å². The fourth-order valence-corrected chi connectivity index (χ4v) is 10.1. The molecule has 1 aliphatic carbocycles. The predicted molar refractivity (Wildman–Crippen MR) is 143 cm³/mol. The Labute approximate surface area is 210 Å². The van der Waals surface area contributed by atoms with Gasteiger partial charge < -0.3 is 14.3 Å². The van der Waals surface area contributed by atoms with Crippen LogP contribution in [0.1, 0.15) is 50.9 Å². The third kappa shape index (κ3) is 5.13. The minimum Gasteiger partial charge on any atom is -0.456 e. The highest BCUT2D eigenvalue weighted by molar-refractivity contribution is 6.99. The molecule has 4 nitrogen and oxygen atoms in total. The molecule has 1 fully saturated rings. The highest BCUT2D eigenvalue weighted by Gasteiger charge is 2.54. The van der Waals surface area contributed by atoms with Gasteiger partial charge in [0.2, 0.25) is 0 Å². The third-order valence-corrected chi connectivity index (χ3v) is 12.2. The van der Waals surface area contributed by atoms with Gasteiger partial charge in [-0.2, -0.15) is 0 Å². The van der Waals surface area contributed by atoms with Gasteiger partial charge in [0.15, 0.2) is 0 Å². The van der Waals surface area contributed by atoms with E-state index in [-0.39, 0.29) is 11.0 Å². The Morgan fingerprint density at radius 3 is 1.80 bits per heavy atom. The lowest BCUT2D eigenvalue weighted by molar-refractivity contribution is -0.105. The molecule has 0 radical (unpaired) electrons. The normalized spacial score (nSPS) is 23.0. The molecule has 3 aromatic rings. The fraction of sp³-hybridized carbons (Fsp3) is 0.367.